The molecule has 144 valence electrons. The van der Waals surface area contributed by atoms with E-state index in [0.29, 0.717) is 0 Å². The molecule has 0 spiro atoms. The minimum atomic E-state index is -0.0547. The first-order valence-electron chi connectivity index (χ1n) is 9.57. The third-order valence-electron chi connectivity index (χ3n) is 5.47. The average molecular weight is 376 g/mol. The zero-order chi connectivity index (χ0) is 19.5. The third kappa shape index (κ3) is 3.76. The van der Waals surface area contributed by atoms with Gasteiger partial charge in [-0.2, -0.15) is 5.10 Å². The van der Waals surface area contributed by atoms with E-state index >= 15 is 0 Å². The molecule has 1 atom stereocenters. The Morgan fingerprint density at radius 1 is 1.18 bits per heavy atom. The summed E-state index contributed by atoms with van der Waals surface area (Å²) in [5.74, 6) is 0.723. The molecule has 3 aromatic rings. The topological polar surface area (TPSA) is 60.2 Å². The van der Waals surface area contributed by atoms with Crippen molar-refractivity contribution in [2.45, 2.75) is 32.2 Å². The van der Waals surface area contributed by atoms with Gasteiger partial charge in [-0.3, -0.25) is 4.79 Å². The van der Waals surface area contributed by atoms with Crippen molar-refractivity contribution in [3.8, 4) is 11.4 Å². The number of aromatic nitrogens is 3. The zero-order valence-corrected chi connectivity index (χ0v) is 16.2. The van der Waals surface area contributed by atoms with E-state index in [4.69, 9.17) is 4.74 Å². The number of amides is 1. The Balaban J connectivity index is 1.36. The maximum absolute atomic E-state index is 12.6. The van der Waals surface area contributed by atoms with Crippen LogP contribution >= 0.6 is 0 Å². The van der Waals surface area contributed by atoms with Crippen molar-refractivity contribution in [2.24, 2.45) is 0 Å². The minimum Gasteiger partial charge on any atom is -0.484 e. The summed E-state index contributed by atoms with van der Waals surface area (Å²) in [6.07, 6.45) is 6.61. The van der Waals surface area contributed by atoms with Gasteiger partial charge in [-0.25, -0.2) is 9.67 Å². The molecule has 0 fully saturated rings. The second-order valence-electron chi connectivity index (χ2n) is 7.18. The van der Waals surface area contributed by atoms with Gasteiger partial charge in [0, 0.05) is 7.05 Å². The quantitative estimate of drug-likeness (QED) is 0.662. The van der Waals surface area contributed by atoms with Crippen LogP contribution in [0.5, 0.6) is 5.75 Å². The summed E-state index contributed by atoms with van der Waals surface area (Å²) < 4.78 is 7.46. The van der Waals surface area contributed by atoms with E-state index in [1.54, 1.807) is 15.9 Å². The largest absolute Gasteiger partial charge is 0.484 e. The molecule has 0 saturated carbocycles. The van der Waals surface area contributed by atoms with Gasteiger partial charge in [0.1, 0.15) is 18.4 Å². The number of carbonyl (C=O) groups excluding carboxylic acids is 1. The third-order valence-corrected chi connectivity index (χ3v) is 5.47. The molecule has 0 bridgehead atoms. The van der Waals surface area contributed by atoms with E-state index in [2.05, 4.69) is 22.2 Å². The summed E-state index contributed by atoms with van der Waals surface area (Å²) in [6.45, 7) is 2.05. The van der Waals surface area contributed by atoms with Crippen molar-refractivity contribution >= 4 is 5.91 Å². The molecule has 28 heavy (non-hydrogen) atoms. The molecule has 1 aliphatic rings. The maximum atomic E-state index is 12.6. The predicted octanol–water partition coefficient (Wildman–Crippen LogP) is 3.35. The fourth-order valence-electron chi connectivity index (χ4n) is 3.57. The van der Waals surface area contributed by atoms with Gasteiger partial charge in [0.25, 0.3) is 5.91 Å². The molecule has 0 N–H and O–H groups in total. The Labute approximate surface area is 164 Å². The molecule has 0 radical (unpaired) electrons. The minimum absolute atomic E-state index is 0.0384. The molecule has 1 heterocycles. The van der Waals surface area contributed by atoms with Gasteiger partial charge >= 0.3 is 0 Å². The summed E-state index contributed by atoms with van der Waals surface area (Å²) >= 11 is 0. The zero-order valence-electron chi connectivity index (χ0n) is 16.2. The van der Waals surface area contributed by atoms with E-state index in [0.717, 1.165) is 29.8 Å². The molecular weight excluding hydrogens is 352 g/mol. The monoisotopic (exact) mass is 376 g/mol. The number of benzene rings is 2. The van der Waals surface area contributed by atoms with Gasteiger partial charge in [0.05, 0.1) is 11.7 Å². The van der Waals surface area contributed by atoms with E-state index in [1.165, 1.54) is 23.9 Å². The molecule has 4 rings (SSSR count). The summed E-state index contributed by atoms with van der Waals surface area (Å²) in [6, 6.07) is 14.1. The van der Waals surface area contributed by atoms with E-state index in [1.807, 2.05) is 44.3 Å². The molecular formula is C22H24N4O2. The number of hydrogen-bond acceptors (Lipinski definition) is 4. The van der Waals surface area contributed by atoms with Gasteiger partial charge in [0.2, 0.25) is 0 Å². The second-order valence-corrected chi connectivity index (χ2v) is 7.18. The van der Waals surface area contributed by atoms with Gasteiger partial charge in [-0.05, 0) is 67.1 Å². The van der Waals surface area contributed by atoms with Crippen LogP contribution in [-0.4, -0.2) is 39.2 Å². The van der Waals surface area contributed by atoms with Crippen molar-refractivity contribution in [3.05, 3.63) is 71.8 Å². The molecule has 0 unspecified atom stereocenters. The van der Waals surface area contributed by atoms with Crippen LogP contribution in [0.15, 0.2) is 55.1 Å². The molecule has 0 saturated heterocycles. The summed E-state index contributed by atoms with van der Waals surface area (Å²) in [5.41, 5.74) is 4.73. The second kappa shape index (κ2) is 7.84. The summed E-state index contributed by atoms with van der Waals surface area (Å²) in [7, 11) is 1.81. The number of fused-ring (bicyclic) bond motifs is 1. The van der Waals surface area contributed by atoms with Crippen molar-refractivity contribution < 1.29 is 9.53 Å². The Morgan fingerprint density at radius 3 is 2.71 bits per heavy atom. The van der Waals surface area contributed by atoms with Crippen LogP contribution in [0.3, 0.4) is 0 Å². The highest BCUT2D eigenvalue weighted by Gasteiger charge is 2.18. The number of aryl methyl sites for hydroxylation is 2. The molecule has 1 amide bonds. The molecule has 6 nitrogen and oxygen atoms in total. The van der Waals surface area contributed by atoms with Crippen LogP contribution in [0.1, 0.15) is 36.1 Å². The van der Waals surface area contributed by atoms with Crippen molar-refractivity contribution in [1.82, 2.24) is 19.7 Å². The normalized spacial score (nSPS) is 13.8. The lowest BCUT2D eigenvalue weighted by Crippen LogP contribution is -2.33. The molecule has 6 heteroatoms. The molecule has 1 aliphatic carbocycles. The van der Waals surface area contributed by atoms with Gasteiger partial charge < -0.3 is 9.64 Å². The predicted molar refractivity (Wildman–Crippen MR) is 107 cm³/mol. The van der Waals surface area contributed by atoms with Crippen LogP contribution < -0.4 is 4.74 Å². The highest BCUT2D eigenvalue weighted by molar-refractivity contribution is 5.78. The van der Waals surface area contributed by atoms with Crippen LogP contribution in [0, 0.1) is 0 Å². The van der Waals surface area contributed by atoms with Crippen LogP contribution in [-0.2, 0) is 17.6 Å². The fourth-order valence-corrected chi connectivity index (χ4v) is 3.57. The van der Waals surface area contributed by atoms with Crippen molar-refractivity contribution in [1.29, 1.82) is 0 Å². The number of ether oxygens (including phenoxy) is 1. The number of hydrogen-bond donors (Lipinski definition) is 0. The Kier molecular flexibility index (Phi) is 5.10. The van der Waals surface area contributed by atoms with Crippen molar-refractivity contribution in [2.75, 3.05) is 13.7 Å². The molecule has 2 aromatic carbocycles. The average Bonchev–Trinajstić information content (AvgIpc) is 3.42. The Morgan fingerprint density at radius 2 is 1.96 bits per heavy atom. The number of rotatable bonds is 6. The van der Waals surface area contributed by atoms with Gasteiger partial charge in [0.15, 0.2) is 6.61 Å². The number of likely N-dealkylation sites (N-methyl/N-ethyl adjacent to an activating group) is 1. The smallest absolute Gasteiger partial charge is 0.260 e. The first-order chi connectivity index (χ1) is 13.6. The number of carbonyl (C=O) groups is 1. The Bertz CT molecular complexity index is 951. The van der Waals surface area contributed by atoms with E-state index in [9.17, 15) is 4.79 Å². The highest BCUT2D eigenvalue weighted by atomic mass is 16.5. The van der Waals surface area contributed by atoms with Gasteiger partial charge in [-0.15, -0.1) is 0 Å². The SMILES string of the molecule is C[C@@H](c1ccc(-n2cncn2)cc1)N(C)C(=O)COc1ccc2c(c1)CCC2. The van der Waals surface area contributed by atoms with E-state index in [-0.39, 0.29) is 18.6 Å². The fraction of sp³-hybridized carbons (Fsp3) is 0.318. The molecule has 1 aromatic heterocycles. The van der Waals surface area contributed by atoms with E-state index < -0.39 is 0 Å². The lowest BCUT2D eigenvalue weighted by Gasteiger charge is -2.25. The summed E-state index contributed by atoms with van der Waals surface area (Å²) in [5, 5.41) is 4.12. The lowest BCUT2D eigenvalue weighted by atomic mass is 10.1. The van der Waals surface area contributed by atoms with Crippen molar-refractivity contribution in [3.63, 3.8) is 0 Å². The summed E-state index contributed by atoms with van der Waals surface area (Å²) in [4.78, 5) is 18.3. The van der Waals surface area contributed by atoms with Crippen LogP contribution in [0.2, 0.25) is 0 Å². The first kappa shape index (κ1) is 18.2. The lowest BCUT2D eigenvalue weighted by molar-refractivity contribution is -0.134. The van der Waals surface area contributed by atoms with Gasteiger partial charge in [-0.1, -0.05) is 18.2 Å². The number of nitrogens with zero attached hydrogens (tertiary/aromatic N) is 4. The highest BCUT2D eigenvalue weighted by Crippen LogP contribution is 2.26. The van der Waals surface area contributed by atoms with Crippen LogP contribution in [0.4, 0.5) is 0 Å². The first-order valence-corrected chi connectivity index (χ1v) is 9.57. The standard InChI is InChI=1S/C22H24N4O2/c1-16(17-6-9-20(10-7-17)26-15-23-14-24-26)25(2)22(27)13-28-21-11-8-18-4-3-5-19(18)12-21/h6-12,14-16H,3-5,13H2,1-2H3/t16-/m0/s1. The maximum Gasteiger partial charge on any atom is 0.260 e. The Hall–Kier alpha value is -3.15. The van der Waals surface area contributed by atoms with Crippen LogP contribution in [0.25, 0.3) is 5.69 Å². The molecule has 0 aliphatic heterocycles.